The molecule has 0 amide bonds. The smallest absolute Gasteiger partial charge is 0.193 e. The minimum atomic E-state index is 0. The second kappa shape index (κ2) is 12.9. The second-order valence-electron chi connectivity index (χ2n) is 7.64. The lowest BCUT2D eigenvalue weighted by molar-refractivity contribution is 0.0536. The first-order valence-corrected chi connectivity index (χ1v) is 10.4. The third-order valence-corrected chi connectivity index (χ3v) is 5.31. The molecule has 0 spiro atoms. The number of ether oxygens (including phenoxy) is 2. The third kappa shape index (κ3) is 7.25. The summed E-state index contributed by atoms with van der Waals surface area (Å²) in [5.74, 6) is 1.51. The predicted octanol–water partition coefficient (Wildman–Crippen LogP) is 4.34. The summed E-state index contributed by atoms with van der Waals surface area (Å²) < 4.78 is 10.7. The van der Waals surface area contributed by atoms with E-state index in [1.165, 1.54) is 22.3 Å². The minimum absolute atomic E-state index is 0. The van der Waals surface area contributed by atoms with Gasteiger partial charge in [-0.1, -0.05) is 48.0 Å². The van der Waals surface area contributed by atoms with Crippen LogP contribution in [0.25, 0.3) is 11.1 Å². The minimum Gasteiger partial charge on any atom is -0.382 e. The van der Waals surface area contributed by atoms with Crippen molar-refractivity contribution in [2.24, 2.45) is 10.9 Å². The van der Waals surface area contributed by atoms with Gasteiger partial charge in [0.25, 0.3) is 0 Å². The van der Waals surface area contributed by atoms with Gasteiger partial charge in [-0.05, 0) is 36.1 Å². The van der Waals surface area contributed by atoms with E-state index in [0.29, 0.717) is 19.1 Å². The van der Waals surface area contributed by atoms with E-state index in [4.69, 9.17) is 9.47 Å². The molecule has 1 aliphatic rings. The van der Waals surface area contributed by atoms with Crippen LogP contribution in [0.5, 0.6) is 0 Å². The molecule has 0 aromatic heterocycles. The number of benzene rings is 2. The molecule has 164 valence electrons. The van der Waals surface area contributed by atoms with Crippen LogP contribution in [0, 0.1) is 12.8 Å². The fourth-order valence-electron chi connectivity index (χ4n) is 3.75. The fraction of sp³-hybridized carbons (Fsp3) is 0.458. The molecule has 1 N–H and O–H groups in total. The van der Waals surface area contributed by atoms with Crippen molar-refractivity contribution in [1.82, 2.24) is 10.2 Å². The van der Waals surface area contributed by atoms with Gasteiger partial charge in [0.2, 0.25) is 0 Å². The first kappa shape index (κ1) is 24.6. The molecule has 0 bridgehead atoms. The Morgan fingerprint density at radius 2 is 1.90 bits per heavy atom. The molecule has 0 radical (unpaired) electrons. The van der Waals surface area contributed by atoms with Crippen molar-refractivity contribution in [2.45, 2.75) is 19.9 Å². The van der Waals surface area contributed by atoms with Gasteiger partial charge >= 0.3 is 0 Å². The predicted molar refractivity (Wildman–Crippen MR) is 135 cm³/mol. The maximum atomic E-state index is 5.70. The topological polar surface area (TPSA) is 46.1 Å². The average molecular weight is 523 g/mol. The molecule has 5 nitrogen and oxygen atoms in total. The average Bonchev–Trinajstić information content (AvgIpc) is 3.21. The number of methoxy groups -OCH3 is 1. The van der Waals surface area contributed by atoms with Crippen LogP contribution in [0.1, 0.15) is 17.5 Å². The maximum Gasteiger partial charge on any atom is 0.193 e. The molecular weight excluding hydrogens is 489 g/mol. The van der Waals surface area contributed by atoms with E-state index in [-0.39, 0.29) is 24.0 Å². The molecule has 30 heavy (non-hydrogen) atoms. The molecule has 1 saturated heterocycles. The van der Waals surface area contributed by atoms with Gasteiger partial charge in [0.15, 0.2) is 5.96 Å². The molecule has 1 unspecified atom stereocenters. The van der Waals surface area contributed by atoms with Crippen molar-refractivity contribution < 1.29 is 9.47 Å². The number of likely N-dealkylation sites (tertiary alicyclic amines) is 1. The number of nitrogens with zero attached hydrogens (tertiary/aromatic N) is 2. The van der Waals surface area contributed by atoms with Gasteiger partial charge < -0.3 is 19.7 Å². The Hall–Kier alpha value is -1.64. The highest BCUT2D eigenvalue weighted by molar-refractivity contribution is 14.0. The number of hydrogen-bond donors (Lipinski definition) is 1. The summed E-state index contributed by atoms with van der Waals surface area (Å²) >= 11 is 0. The molecule has 6 heteroatoms. The van der Waals surface area contributed by atoms with Gasteiger partial charge in [0.1, 0.15) is 0 Å². The zero-order valence-electron chi connectivity index (χ0n) is 18.3. The molecule has 2 aromatic carbocycles. The van der Waals surface area contributed by atoms with Crippen molar-refractivity contribution in [3.8, 4) is 11.1 Å². The lowest BCUT2D eigenvalue weighted by Crippen LogP contribution is -2.39. The Morgan fingerprint density at radius 1 is 1.13 bits per heavy atom. The summed E-state index contributed by atoms with van der Waals surface area (Å²) in [5, 5.41) is 3.53. The van der Waals surface area contributed by atoms with Crippen molar-refractivity contribution in [3.05, 3.63) is 59.7 Å². The monoisotopic (exact) mass is 523 g/mol. The Balaban J connectivity index is 0.00000320. The van der Waals surface area contributed by atoms with Gasteiger partial charge in [-0.3, -0.25) is 4.99 Å². The molecule has 1 heterocycles. The maximum absolute atomic E-state index is 5.70. The van der Waals surface area contributed by atoms with E-state index in [1.807, 2.05) is 7.05 Å². The summed E-state index contributed by atoms with van der Waals surface area (Å²) in [7, 11) is 3.56. The number of rotatable bonds is 8. The van der Waals surface area contributed by atoms with E-state index < -0.39 is 0 Å². The lowest BCUT2D eigenvalue weighted by atomic mass is 10.0. The highest BCUT2D eigenvalue weighted by Crippen LogP contribution is 2.22. The number of hydrogen-bond acceptors (Lipinski definition) is 3. The standard InChI is InChI=1S/C24H33N3O2.HI/c1-19-6-4-8-22(14-19)23-9-5-7-20(15-23)16-26-24(25-2)27-11-10-21(17-27)18-29-13-12-28-3;/h4-9,14-15,21H,10-13,16-18H2,1-3H3,(H,25,26);1H. The van der Waals surface area contributed by atoms with Crippen molar-refractivity contribution in [2.75, 3.05) is 47.1 Å². The van der Waals surface area contributed by atoms with E-state index >= 15 is 0 Å². The number of aliphatic imine (C=N–C) groups is 1. The molecule has 2 aromatic rings. The Bertz CT molecular complexity index is 813. The van der Waals surface area contributed by atoms with Crippen LogP contribution in [0.4, 0.5) is 0 Å². The number of halogens is 1. The van der Waals surface area contributed by atoms with Gasteiger partial charge in [0.05, 0.1) is 19.8 Å². The lowest BCUT2D eigenvalue weighted by Gasteiger charge is -2.22. The van der Waals surface area contributed by atoms with Crippen LogP contribution < -0.4 is 5.32 Å². The quantitative estimate of drug-likeness (QED) is 0.242. The zero-order chi connectivity index (χ0) is 20.5. The summed E-state index contributed by atoms with van der Waals surface area (Å²) in [6.07, 6.45) is 1.14. The molecular formula is C24H34IN3O2. The first-order valence-electron chi connectivity index (χ1n) is 10.4. The molecule has 1 fully saturated rings. The van der Waals surface area contributed by atoms with Crippen molar-refractivity contribution >= 4 is 29.9 Å². The SMILES string of the molecule is CN=C(NCc1cccc(-c2cccc(C)c2)c1)N1CCC(COCCOC)C1.I. The largest absolute Gasteiger partial charge is 0.382 e. The molecule has 3 rings (SSSR count). The molecule has 1 aliphatic heterocycles. The van der Waals surface area contributed by atoms with Gasteiger partial charge in [-0.25, -0.2) is 0 Å². The van der Waals surface area contributed by atoms with Crippen molar-refractivity contribution in [1.29, 1.82) is 0 Å². The van der Waals surface area contributed by atoms with Crippen molar-refractivity contribution in [3.63, 3.8) is 0 Å². The van der Waals surface area contributed by atoms with E-state index in [9.17, 15) is 0 Å². The van der Waals surface area contributed by atoms with E-state index in [0.717, 1.165) is 38.6 Å². The van der Waals surface area contributed by atoms with Crippen LogP contribution in [0.15, 0.2) is 53.5 Å². The zero-order valence-corrected chi connectivity index (χ0v) is 20.6. The van der Waals surface area contributed by atoms with Crippen LogP contribution in [0.2, 0.25) is 0 Å². The van der Waals surface area contributed by atoms with E-state index in [2.05, 4.69) is 70.7 Å². The fourth-order valence-corrected chi connectivity index (χ4v) is 3.75. The molecule has 1 atom stereocenters. The number of guanidine groups is 1. The van der Waals surface area contributed by atoms with Crippen LogP contribution in [-0.2, 0) is 16.0 Å². The summed E-state index contributed by atoms with van der Waals surface area (Å²) in [4.78, 5) is 6.82. The van der Waals surface area contributed by atoms with Gasteiger partial charge in [0, 0.05) is 39.7 Å². The number of aryl methyl sites for hydroxylation is 1. The second-order valence-corrected chi connectivity index (χ2v) is 7.64. The Labute approximate surface area is 197 Å². The third-order valence-electron chi connectivity index (χ3n) is 5.31. The van der Waals surface area contributed by atoms with Gasteiger partial charge in [-0.2, -0.15) is 0 Å². The van der Waals surface area contributed by atoms with Crippen LogP contribution >= 0.6 is 24.0 Å². The Morgan fingerprint density at radius 3 is 2.63 bits per heavy atom. The summed E-state index contributed by atoms with van der Waals surface area (Å²) in [6.45, 7) is 6.99. The summed E-state index contributed by atoms with van der Waals surface area (Å²) in [6, 6.07) is 17.3. The van der Waals surface area contributed by atoms with Gasteiger partial charge in [-0.15, -0.1) is 24.0 Å². The van der Waals surface area contributed by atoms with Crippen LogP contribution in [0.3, 0.4) is 0 Å². The normalized spacial score (nSPS) is 16.4. The first-order chi connectivity index (χ1) is 14.2. The molecule has 0 aliphatic carbocycles. The highest BCUT2D eigenvalue weighted by Gasteiger charge is 2.24. The Kier molecular flexibility index (Phi) is 10.6. The van der Waals surface area contributed by atoms with E-state index in [1.54, 1.807) is 7.11 Å². The highest BCUT2D eigenvalue weighted by atomic mass is 127. The molecule has 0 saturated carbocycles. The number of nitrogens with one attached hydrogen (secondary N) is 1. The van der Waals surface area contributed by atoms with Crippen LogP contribution in [-0.4, -0.2) is 57.9 Å². The summed E-state index contributed by atoms with van der Waals surface area (Å²) in [5.41, 5.74) is 5.04.